The zero-order valence-corrected chi connectivity index (χ0v) is 12.2. The van der Waals surface area contributed by atoms with E-state index in [4.69, 9.17) is 17.3 Å². The number of hydrogen-bond acceptors (Lipinski definition) is 3. The number of amides is 1. The molecule has 4 nitrogen and oxygen atoms in total. The van der Waals surface area contributed by atoms with Crippen molar-refractivity contribution >= 4 is 23.2 Å². The number of hydrogen-bond donors (Lipinski definition) is 1. The van der Waals surface area contributed by atoms with Crippen LogP contribution in [0, 0.1) is 0 Å². The van der Waals surface area contributed by atoms with Gasteiger partial charge in [0.1, 0.15) is 0 Å². The van der Waals surface area contributed by atoms with Crippen LogP contribution in [0.25, 0.3) is 0 Å². The van der Waals surface area contributed by atoms with E-state index in [9.17, 15) is 4.79 Å². The van der Waals surface area contributed by atoms with Crippen LogP contribution in [0.5, 0.6) is 0 Å². The van der Waals surface area contributed by atoms with Crippen LogP contribution < -0.4 is 10.6 Å². The Morgan fingerprint density at radius 2 is 1.95 bits per heavy atom. The molecule has 0 saturated carbocycles. The normalized spacial score (nSPS) is 17.5. The summed E-state index contributed by atoms with van der Waals surface area (Å²) < 4.78 is 0. The van der Waals surface area contributed by atoms with Gasteiger partial charge in [-0.05, 0) is 24.6 Å². The largest absolute Gasteiger partial charge is 0.367 e. The van der Waals surface area contributed by atoms with E-state index in [1.165, 1.54) is 0 Å². The first-order valence-corrected chi connectivity index (χ1v) is 6.92. The predicted molar refractivity (Wildman–Crippen MR) is 78.5 cm³/mol. The Labute approximate surface area is 119 Å². The predicted octanol–water partition coefficient (Wildman–Crippen LogP) is 2.03. The SMILES string of the molecule is CC(=O)N1CCN(c2ccc([C@@H](C)N)cc2Cl)CC1. The van der Waals surface area contributed by atoms with Crippen LogP contribution in [0.2, 0.25) is 5.02 Å². The van der Waals surface area contributed by atoms with Crippen molar-refractivity contribution in [3.8, 4) is 0 Å². The number of rotatable bonds is 2. The Bertz CT molecular complexity index is 468. The average molecular weight is 282 g/mol. The van der Waals surface area contributed by atoms with E-state index in [0.29, 0.717) is 0 Å². The minimum atomic E-state index is -0.0129. The van der Waals surface area contributed by atoms with E-state index in [1.807, 2.05) is 30.0 Å². The molecule has 1 aliphatic heterocycles. The molecule has 1 amide bonds. The van der Waals surface area contributed by atoms with E-state index in [-0.39, 0.29) is 11.9 Å². The number of nitrogens with two attached hydrogens (primary N) is 1. The van der Waals surface area contributed by atoms with Gasteiger partial charge in [-0.1, -0.05) is 17.7 Å². The summed E-state index contributed by atoms with van der Waals surface area (Å²) in [5.41, 5.74) is 7.91. The maximum atomic E-state index is 11.3. The minimum absolute atomic E-state index is 0.0129. The lowest BCUT2D eigenvalue weighted by Gasteiger charge is -2.36. The third-order valence-electron chi connectivity index (χ3n) is 3.56. The third-order valence-corrected chi connectivity index (χ3v) is 3.87. The number of benzene rings is 1. The Hall–Kier alpha value is -1.26. The summed E-state index contributed by atoms with van der Waals surface area (Å²) in [6.07, 6.45) is 0. The van der Waals surface area contributed by atoms with Crippen molar-refractivity contribution in [1.29, 1.82) is 0 Å². The lowest BCUT2D eigenvalue weighted by atomic mass is 10.1. The molecule has 19 heavy (non-hydrogen) atoms. The van der Waals surface area contributed by atoms with Gasteiger partial charge in [-0.15, -0.1) is 0 Å². The number of anilines is 1. The van der Waals surface area contributed by atoms with Gasteiger partial charge in [0.15, 0.2) is 0 Å². The molecule has 2 N–H and O–H groups in total. The number of carbonyl (C=O) groups excluding carboxylic acids is 1. The summed E-state index contributed by atoms with van der Waals surface area (Å²) in [5.74, 6) is 0.137. The van der Waals surface area contributed by atoms with Crippen molar-refractivity contribution in [1.82, 2.24) is 4.90 Å². The van der Waals surface area contributed by atoms with E-state index >= 15 is 0 Å². The molecule has 0 unspecified atom stereocenters. The van der Waals surface area contributed by atoms with Gasteiger partial charge in [-0.25, -0.2) is 0 Å². The van der Waals surface area contributed by atoms with Crippen LogP contribution in [-0.2, 0) is 4.79 Å². The molecule has 1 fully saturated rings. The van der Waals surface area contributed by atoms with Gasteiger partial charge >= 0.3 is 0 Å². The van der Waals surface area contributed by atoms with E-state index < -0.39 is 0 Å². The van der Waals surface area contributed by atoms with Crippen molar-refractivity contribution in [2.24, 2.45) is 5.73 Å². The van der Waals surface area contributed by atoms with E-state index in [0.717, 1.165) is 42.5 Å². The number of piperazine rings is 1. The molecule has 0 aliphatic carbocycles. The van der Waals surface area contributed by atoms with Crippen molar-refractivity contribution in [2.45, 2.75) is 19.9 Å². The first kappa shape index (κ1) is 14.2. The molecule has 0 spiro atoms. The van der Waals surface area contributed by atoms with E-state index in [1.54, 1.807) is 6.92 Å². The number of carbonyl (C=O) groups is 1. The van der Waals surface area contributed by atoms with Gasteiger partial charge in [0.2, 0.25) is 5.91 Å². The van der Waals surface area contributed by atoms with E-state index in [2.05, 4.69) is 4.90 Å². The van der Waals surface area contributed by atoms with Gasteiger partial charge in [0, 0.05) is 39.1 Å². The maximum absolute atomic E-state index is 11.3. The van der Waals surface area contributed by atoms with Crippen LogP contribution in [-0.4, -0.2) is 37.0 Å². The summed E-state index contributed by atoms with van der Waals surface area (Å²) in [7, 11) is 0. The Morgan fingerprint density at radius 3 is 2.42 bits per heavy atom. The average Bonchev–Trinajstić information content (AvgIpc) is 2.38. The Morgan fingerprint density at radius 1 is 1.32 bits per heavy atom. The van der Waals surface area contributed by atoms with Gasteiger partial charge in [0.05, 0.1) is 10.7 Å². The summed E-state index contributed by atoms with van der Waals surface area (Å²) in [6.45, 7) is 6.69. The molecule has 2 rings (SSSR count). The van der Waals surface area contributed by atoms with Gasteiger partial charge in [-0.2, -0.15) is 0 Å². The van der Waals surface area contributed by atoms with Gasteiger partial charge in [0.25, 0.3) is 0 Å². The second-order valence-electron chi connectivity index (χ2n) is 4.99. The molecule has 0 aromatic heterocycles. The molecule has 1 atom stereocenters. The standard InChI is InChI=1S/C14H20ClN3O/c1-10(16)12-3-4-14(13(15)9-12)18-7-5-17(6-8-18)11(2)19/h3-4,9-10H,5-8,16H2,1-2H3/t10-/m1/s1. The first-order valence-electron chi connectivity index (χ1n) is 6.54. The summed E-state index contributed by atoms with van der Waals surface area (Å²) >= 11 is 6.33. The van der Waals surface area contributed by atoms with Crippen molar-refractivity contribution in [3.63, 3.8) is 0 Å². The Kier molecular flexibility index (Phi) is 4.32. The fraction of sp³-hybridized carbons (Fsp3) is 0.500. The fourth-order valence-electron chi connectivity index (χ4n) is 2.33. The molecule has 1 aromatic carbocycles. The summed E-state index contributed by atoms with van der Waals surface area (Å²) in [4.78, 5) is 15.4. The monoisotopic (exact) mass is 281 g/mol. The van der Waals surface area contributed by atoms with Crippen molar-refractivity contribution < 1.29 is 4.79 Å². The molecule has 1 aromatic rings. The highest BCUT2D eigenvalue weighted by atomic mass is 35.5. The van der Waals surface area contributed by atoms with Crippen molar-refractivity contribution in [2.75, 3.05) is 31.1 Å². The maximum Gasteiger partial charge on any atom is 0.219 e. The molecule has 104 valence electrons. The van der Waals surface area contributed by atoms with Crippen LogP contribution >= 0.6 is 11.6 Å². The highest BCUT2D eigenvalue weighted by molar-refractivity contribution is 6.33. The highest BCUT2D eigenvalue weighted by Gasteiger charge is 2.20. The van der Waals surface area contributed by atoms with Crippen LogP contribution in [0.3, 0.4) is 0 Å². The molecule has 1 aliphatic rings. The minimum Gasteiger partial charge on any atom is -0.367 e. The smallest absolute Gasteiger partial charge is 0.219 e. The second kappa shape index (κ2) is 5.80. The lowest BCUT2D eigenvalue weighted by molar-refractivity contribution is -0.129. The van der Waals surface area contributed by atoms with Crippen LogP contribution in [0.1, 0.15) is 25.5 Å². The molecule has 1 saturated heterocycles. The first-order chi connectivity index (χ1) is 8.99. The zero-order valence-electron chi connectivity index (χ0n) is 11.4. The molecule has 1 heterocycles. The molecule has 0 radical (unpaired) electrons. The zero-order chi connectivity index (χ0) is 14.0. The Balaban J connectivity index is 2.09. The molecular weight excluding hydrogens is 262 g/mol. The molecule has 5 heteroatoms. The van der Waals surface area contributed by atoms with Crippen LogP contribution in [0.4, 0.5) is 5.69 Å². The topological polar surface area (TPSA) is 49.6 Å². The van der Waals surface area contributed by atoms with Gasteiger partial charge in [-0.3, -0.25) is 4.79 Å². The second-order valence-corrected chi connectivity index (χ2v) is 5.40. The van der Waals surface area contributed by atoms with Crippen molar-refractivity contribution in [3.05, 3.63) is 28.8 Å². The van der Waals surface area contributed by atoms with Crippen LogP contribution in [0.15, 0.2) is 18.2 Å². The fourth-order valence-corrected chi connectivity index (χ4v) is 2.63. The lowest BCUT2D eigenvalue weighted by Crippen LogP contribution is -2.48. The quantitative estimate of drug-likeness (QED) is 0.902. The number of halogens is 1. The summed E-state index contributed by atoms with van der Waals surface area (Å²) in [5, 5.41) is 0.728. The number of nitrogens with zero attached hydrogens (tertiary/aromatic N) is 2. The third kappa shape index (κ3) is 3.19. The molecular formula is C14H20ClN3O. The highest BCUT2D eigenvalue weighted by Crippen LogP contribution is 2.29. The van der Waals surface area contributed by atoms with Gasteiger partial charge < -0.3 is 15.5 Å². The summed E-state index contributed by atoms with van der Waals surface area (Å²) in [6, 6.07) is 5.95. The molecule has 0 bridgehead atoms.